The van der Waals surface area contributed by atoms with Gasteiger partial charge in [0.1, 0.15) is 0 Å². The summed E-state index contributed by atoms with van der Waals surface area (Å²) in [6, 6.07) is 1.92. The highest BCUT2D eigenvalue weighted by atomic mass is 16.5. The molecule has 9 heteroatoms. The van der Waals surface area contributed by atoms with Gasteiger partial charge in [-0.05, 0) is 50.4 Å². The first-order valence-corrected chi connectivity index (χ1v) is 9.23. The minimum absolute atomic E-state index is 0.0131. The molecular weight excluding hydrogens is 364 g/mol. The predicted molar refractivity (Wildman–Crippen MR) is 107 cm³/mol. The molecule has 9 nitrogen and oxygen atoms in total. The molecule has 0 saturated carbocycles. The van der Waals surface area contributed by atoms with Gasteiger partial charge < -0.3 is 30.0 Å². The minimum atomic E-state index is -0.265. The van der Waals surface area contributed by atoms with Gasteiger partial charge in [-0.25, -0.2) is 4.79 Å². The topological polar surface area (TPSA) is 128 Å². The molecule has 154 valence electrons. The third-order valence-electron chi connectivity index (χ3n) is 5.07. The Morgan fingerprint density at radius 3 is 2.82 bits per heavy atom. The van der Waals surface area contributed by atoms with Crippen molar-refractivity contribution in [2.45, 2.75) is 26.7 Å². The van der Waals surface area contributed by atoms with Crippen molar-refractivity contribution in [2.24, 2.45) is 5.92 Å². The maximum Gasteiger partial charge on any atom is 0.323 e. The van der Waals surface area contributed by atoms with Crippen LogP contribution in [0.3, 0.4) is 0 Å². The van der Waals surface area contributed by atoms with E-state index in [1.165, 1.54) is 0 Å². The van der Waals surface area contributed by atoms with Gasteiger partial charge in [0.25, 0.3) is 6.47 Å². The second-order valence-corrected chi connectivity index (χ2v) is 6.92. The maximum atomic E-state index is 12.8. The van der Waals surface area contributed by atoms with E-state index in [9.17, 15) is 9.59 Å². The highest BCUT2D eigenvalue weighted by molar-refractivity contribution is 6.02. The van der Waals surface area contributed by atoms with Crippen LogP contribution in [0, 0.1) is 19.8 Å². The monoisotopic (exact) mass is 392 g/mol. The van der Waals surface area contributed by atoms with E-state index in [2.05, 4.69) is 20.2 Å². The van der Waals surface area contributed by atoms with Gasteiger partial charge in [0.05, 0.1) is 29.2 Å². The number of hydrogen-bond acceptors (Lipinski definition) is 5. The van der Waals surface area contributed by atoms with E-state index in [4.69, 9.17) is 14.6 Å². The average Bonchev–Trinajstić information content (AvgIpc) is 3.04. The molecule has 3 rings (SSSR count). The van der Waals surface area contributed by atoms with Crippen molar-refractivity contribution in [3.05, 3.63) is 27.7 Å². The molecule has 1 aromatic carbocycles. The van der Waals surface area contributed by atoms with Gasteiger partial charge in [0, 0.05) is 20.2 Å². The van der Waals surface area contributed by atoms with Gasteiger partial charge >= 0.3 is 5.69 Å². The fourth-order valence-corrected chi connectivity index (χ4v) is 3.49. The highest BCUT2D eigenvalue weighted by Gasteiger charge is 2.26. The van der Waals surface area contributed by atoms with E-state index in [-0.39, 0.29) is 24.0 Å². The summed E-state index contributed by atoms with van der Waals surface area (Å²) in [4.78, 5) is 40.7. The molecule has 0 spiro atoms. The quantitative estimate of drug-likeness (QED) is 0.571. The van der Waals surface area contributed by atoms with Gasteiger partial charge in [-0.15, -0.1) is 0 Å². The molecular formula is C19H28N4O5. The number of methoxy groups -OCH3 is 1. The summed E-state index contributed by atoms with van der Waals surface area (Å²) in [7, 11) is 1.69. The number of anilines is 1. The van der Waals surface area contributed by atoms with Crippen molar-refractivity contribution in [3.63, 3.8) is 0 Å². The number of benzene rings is 1. The number of amides is 1. The number of aromatic nitrogens is 2. The van der Waals surface area contributed by atoms with E-state index in [1.807, 2.05) is 19.9 Å². The molecule has 4 N–H and O–H groups in total. The molecule has 1 amide bonds. The van der Waals surface area contributed by atoms with Crippen molar-refractivity contribution >= 4 is 29.1 Å². The summed E-state index contributed by atoms with van der Waals surface area (Å²) in [5.74, 6) is -0.0367. The molecule has 1 aliphatic heterocycles. The number of imidazole rings is 1. The van der Waals surface area contributed by atoms with Crippen molar-refractivity contribution in [1.82, 2.24) is 14.9 Å². The van der Waals surface area contributed by atoms with Crippen LogP contribution in [-0.4, -0.2) is 65.7 Å². The van der Waals surface area contributed by atoms with Crippen LogP contribution in [0.1, 0.15) is 24.0 Å². The first kappa shape index (κ1) is 21.6. The molecule has 0 radical (unpaired) electrons. The molecule has 0 bridgehead atoms. The van der Waals surface area contributed by atoms with E-state index in [0.29, 0.717) is 23.3 Å². The molecule has 1 aromatic heterocycles. The number of carbonyl (C=O) groups excluding carboxylic acids is 1. The second-order valence-electron chi connectivity index (χ2n) is 6.92. The number of likely N-dealkylation sites (tertiary alicyclic amines) is 1. The summed E-state index contributed by atoms with van der Waals surface area (Å²) < 4.78 is 5.14. The second kappa shape index (κ2) is 10.0. The standard InChI is InChI=1S/C18H26N4O3.CH2O2/c1-11-9-14-16(21-18(24)19-14)15(12(11)2)20-17(23)13-5-4-6-22(10-13)7-8-25-3;2-1-3/h9,13H,4-8,10H2,1-3H3,(H,20,23)(H2,19,21,24);1H,(H,2,3). The van der Waals surface area contributed by atoms with E-state index < -0.39 is 0 Å². The molecule has 2 aromatic rings. The van der Waals surface area contributed by atoms with Gasteiger partial charge in [-0.2, -0.15) is 0 Å². The number of ether oxygens (including phenoxy) is 1. The summed E-state index contributed by atoms with van der Waals surface area (Å²) in [6.45, 7) is 6.96. The molecule has 1 saturated heterocycles. The number of piperidine rings is 1. The first-order chi connectivity index (χ1) is 13.4. The van der Waals surface area contributed by atoms with E-state index >= 15 is 0 Å². The number of aromatic amines is 2. The third-order valence-corrected chi connectivity index (χ3v) is 5.07. The van der Waals surface area contributed by atoms with Crippen LogP contribution in [0.4, 0.5) is 5.69 Å². The zero-order chi connectivity index (χ0) is 20.7. The SMILES string of the molecule is COCCN1CCCC(C(=O)Nc2c(C)c(C)cc3[nH]c(=O)[nH]c23)C1.O=CO. The lowest BCUT2D eigenvalue weighted by Gasteiger charge is -2.31. The average molecular weight is 392 g/mol. The minimum Gasteiger partial charge on any atom is -0.483 e. The van der Waals surface area contributed by atoms with Gasteiger partial charge in [0.2, 0.25) is 5.91 Å². The van der Waals surface area contributed by atoms with Crippen LogP contribution in [0.5, 0.6) is 0 Å². The Kier molecular flexibility index (Phi) is 7.77. The van der Waals surface area contributed by atoms with Crippen LogP contribution in [0.2, 0.25) is 0 Å². The Morgan fingerprint density at radius 2 is 2.14 bits per heavy atom. The fourth-order valence-electron chi connectivity index (χ4n) is 3.49. The number of nitrogens with zero attached hydrogens (tertiary/aromatic N) is 1. The summed E-state index contributed by atoms with van der Waals surface area (Å²) in [5, 5.41) is 9.96. The van der Waals surface area contributed by atoms with E-state index in [1.54, 1.807) is 7.11 Å². The van der Waals surface area contributed by atoms with E-state index in [0.717, 1.165) is 43.6 Å². The molecule has 1 unspecified atom stereocenters. The van der Waals surface area contributed by atoms with Crippen LogP contribution < -0.4 is 11.0 Å². The summed E-state index contributed by atoms with van der Waals surface area (Å²) >= 11 is 0. The first-order valence-electron chi connectivity index (χ1n) is 9.23. The Hall–Kier alpha value is -2.65. The Bertz CT molecular complexity index is 873. The molecule has 0 aliphatic carbocycles. The summed E-state index contributed by atoms with van der Waals surface area (Å²) in [6.07, 6.45) is 1.89. The van der Waals surface area contributed by atoms with Crippen LogP contribution >= 0.6 is 0 Å². The number of aryl methyl sites for hydroxylation is 1. The number of H-pyrrole nitrogens is 2. The Balaban J connectivity index is 0.000000878. The van der Waals surface area contributed by atoms with Crippen LogP contribution in [-0.2, 0) is 14.3 Å². The number of fused-ring (bicyclic) bond motifs is 1. The third kappa shape index (κ3) is 5.20. The number of carbonyl (C=O) groups is 2. The molecule has 1 fully saturated rings. The van der Waals surface area contributed by atoms with Crippen LogP contribution in [0.15, 0.2) is 10.9 Å². The van der Waals surface area contributed by atoms with Crippen molar-refractivity contribution < 1.29 is 19.4 Å². The summed E-state index contributed by atoms with van der Waals surface area (Å²) in [5.41, 5.74) is 3.82. The van der Waals surface area contributed by atoms with Crippen molar-refractivity contribution in [2.75, 3.05) is 38.7 Å². The fraction of sp³-hybridized carbons (Fsp3) is 0.526. The predicted octanol–water partition coefficient (Wildman–Crippen LogP) is 1.47. The Labute approximate surface area is 163 Å². The highest BCUT2D eigenvalue weighted by Crippen LogP contribution is 2.28. The molecule has 28 heavy (non-hydrogen) atoms. The number of carboxylic acid groups (broad SMARTS) is 1. The normalized spacial score (nSPS) is 17.0. The largest absolute Gasteiger partial charge is 0.483 e. The van der Waals surface area contributed by atoms with Crippen molar-refractivity contribution in [3.8, 4) is 0 Å². The maximum absolute atomic E-state index is 12.8. The smallest absolute Gasteiger partial charge is 0.323 e. The lowest BCUT2D eigenvalue weighted by Crippen LogP contribution is -2.42. The zero-order valence-corrected chi connectivity index (χ0v) is 16.5. The number of rotatable bonds is 5. The van der Waals surface area contributed by atoms with Gasteiger partial charge in [0.15, 0.2) is 0 Å². The lowest BCUT2D eigenvalue weighted by atomic mass is 9.96. The molecule has 1 aliphatic rings. The number of nitrogens with one attached hydrogen (secondary N) is 3. The molecule has 2 heterocycles. The van der Waals surface area contributed by atoms with Gasteiger partial charge in [-0.1, -0.05) is 0 Å². The van der Waals surface area contributed by atoms with Crippen LogP contribution in [0.25, 0.3) is 11.0 Å². The zero-order valence-electron chi connectivity index (χ0n) is 16.5. The van der Waals surface area contributed by atoms with Crippen molar-refractivity contribution in [1.29, 1.82) is 0 Å². The lowest BCUT2D eigenvalue weighted by molar-refractivity contribution is -0.123. The Morgan fingerprint density at radius 1 is 1.43 bits per heavy atom. The molecule has 1 atom stereocenters. The van der Waals surface area contributed by atoms with Gasteiger partial charge in [-0.3, -0.25) is 9.59 Å². The number of hydrogen-bond donors (Lipinski definition) is 4.